The van der Waals surface area contributed by atoms with Crippen LogP contribution < -0.4 is 10.6 Å². The van der Waals surface area contributed by atoms with Crippen LogP contribution in [0.3, 0.4) is 0 Å². The van der Waals surface area contributed by atoms with Crippen LogP contribution in [0.5, 0.6) is 0 Å². The van der Waals surface area contributed by atoms with Gasteiger partial charge < -0.3 is 5.32 Å². The van der Waals surface area contributed by atoms with Gasteiger partial charge in [-0.2, -0.15) is 0 Å². The van der Waals surface area contributed by atoms with Crippen molar-refractivity contribution in [3.05, 3.63) is 28.8 Å². The number of rotatable bonds is 2. The Morgan fingerprint density at radius 3 is 2.71 bits per heavy atom. The van der Waals surface area contributed by atoms with Gasteiger partial charge in [0.05, 0.1) is 0 Å². The fraction of sp³-hybridized carbons (Fsp3) is 0.500. The number of carbonyl (C=O) groups excluding carboxylic acids is 1. The molecule has 0 spiro atoms. The minimum atomic E-state index is -0.153. The van der Waals surface area contributed by atoms with Gasteiger partial charge >= 0.3 is 0 Å². The SMILES string of the molecule is Cc1ccc2c(c1C)NC(=O)C2NC1CC1C. The van der Waals surface area contributed by atoms with Crippen molar-refractivity contribution in [1.29, 1.82) is 0 Å². The van der Waals surface area contributed by atoms with E-state index in [9.17, 15) is 4.79 Å². The first kappa shape index (κ1) is 10.8. The molecule has 3 rings (SSSR count). The highest BCUT2D eigenvalue weighted by Gasteiger charge is 2.39. The Balaban J connectivity index is 1.93. The van der Waals surface area contributed by atoms with Crippen LogP contribution in [0.1, 0.15) is 36.1 Å². The van der Waals surface area contributed by atoms with Gasteiger partial charge in [0.2, 0.25) is 5.91 Å². The molecule has 3 heteroatoms. The lowest BCUT2D eigenvalue weighted by Gasteiger charge is -2.11. The summed E-state index contributed by atoms with van der Waals surface area (Å²) in [7, 11) is 0. The lowest BCUT2D eigenvalue weighted by molar-refractivity contribution is -0.117. The van der Waals surface area contributed by atoms with E-state index < -0.39 is 0 Å². The topological polar surface area (TPSA) is 41.1 Å². The summed E-state index contributed by atoms with van der Waals surface area (Å²) in [6, 6.07) is 4.53. The van der Waals surface area contributed by atoms with Gasteiger partial charge in [-0.05, 0) is 37.3 Å². The molecule has 0 bridgehead atoms. The minimum Gasteiger partial charge on any atom is -0.324 e. The highest BCUT2D eigenvalue weighted by Crippen LogP contribution is 2.38. The summed E-state index contributed by atoms with van der Waals surface area (Å²) >= 11 is 0. The molecule has 17 heavy (non-hydrogen) atoms. The van der Waals surface area contributed by atoms with E-state index in [1.54, 1.807) is 0 Å². The van der Waals surface area contributed by atoms with E-state index >= 15 is 0 Å². The number of fused-ring (bicyclic) bond motifs is 1. The largest absolute Gasteiger partial charge is 0.324 e. The highest BCUT2D eigenvalue weighted by atomic mass is 16.2. The Labute approximate surface area is 102 Å². The second kappa shape index (κ2) is 3.57. The number of aryl methyl sites for hydroxylation is 1. The van der Waals surface area contributed by atoms with Gasteiger partial charge in [-0.25, -0.2) is 0 Å². The van der Waals surface area contributed by atoms with E-state index in [1.165, 1.54) is 17.5 Å². The van der Waals surface area contributed by atoms with Crippen LogP contribution in [0, 0.1) is 19.8 Å². The van der Waals surface area contributed by atoms with E-state index in [4.69, 9.17) is 0 Å². The Hall–Kier alpha value is -1.35. The zero-order valence-electron chi connectivity index (χ0n) is 10.5. The molecule has 1 amide bonds. The third-order valence-electron chi connectivity index (χ3n) is 4.08. The number of hydrogen-bond donors (Lipinski definition) is 2. The Morgan fingerprint density at radius 1 is 1.35 bits per heavy atom. The van der Waals surface area contributed by atoms with E-state index in [0.29, 0.717) is 12.0 Å². The average Bonchev–Trinajstić information content (AvgIpc) is 2.88. The van der Waals surface area contributed by atoms with Crippen molar-refractivity contribution < 1.29 is 4.79 Å². The molecular weight excluding hydrogens is 212 g/mol. The average molecular weight is 230 g/mol. The molecule has 1 aliphatic heterocycles. The summed E-state index contributed by atoms with van der Waals surface area (Å²) < 4.78 is 0. The van der Waals surface area contributed by atoms with Gasteiger partial charge in [0, 0.05) is 17.3 Å². The fourth-order valence-electron chi connectivity index (χ4n) is 2.51. The molecule has 3 unspecified atom stereocenters. The third kappa shape index (κ3) is 1.65. The maximum atomic E-state index is 12.0. The molecule has 2 aliphatic rings. The lowest BCUT2D eigenvalue weighted by Crippen LogP contribution is -2.29. The summed E-state index contributed by atoms with van der Waals surface area (Å²) in [6.45, 7) is 6.36. The van der Waals surface area contributed by atoms with Crippen LogP contribution in [-0.4, -0.2) is 11.9 Å². The molecule has 1 aromatic carbocycles. The standard InChI is InChI=1S/C14H18N2O/c1-7-4-5-10-12(9(7)3)16-14(17)13(10)15-11-6-8(11)2/h4-5,8,11,13,15H,6H2,1-3H3,(H,16,17). The minimum absolute atomic E-state index is 0.0906. The summed E-state index contributed by atoms with van der Waals surface area (Å²) in [5.74, 6) is 0.797. The number of anilines is 1. The van der Waals surface area contributed by atoms with Gasteiger partial charge in [-0.3, -0.25) is 10.1 Å². The first-order chi connectivity index (χ1) is 8.08. The van der Waals surface area contributed by atoms with Crippen molar-refractivity contribution in [3.63, 3.8) is 0 Å². The molecular formula is C14H18N2O. The third-order valence-corrected chi connectivity index (χ3v) is 4.08. The van der Waals surface area contributed by atoms with Crippen molar-refractivity contribution in [2.45, 2.75) is 39.3 Å². The summed E-state index contributed by atoms with van der Waals surface area (Å²) in [6.07, 6.45) is 1.18. The predicted molar refractivity (Wildman–Crippen MR) is 68.0 cm³/mol. The number of nitrogens with one attached hydrogen (secondary N) is 2. The maximum Gasteiger partial charge on any atom is 0.246 e. The van der Waals surface area contributed by atoms with Crippen molar-refractivity contribution in [3.8, 4) is 0 Å². The number of hydrogen-bond acceptors (Lipinski definition) is 2. The molecule has 2 N–H and O–H groups in total. The lowest BCUT2D eigenvalue weighted by atomic mass is 10.0. The Kier molecular flexibility index (Phi) is 2.26. The van der Waals surface area contributed by atoms with E-state index in [1.807, 2.05) is 0 Å². The van der Waals surface area contributed by atoms with Gasteiger partial charge in [-0.1, -0.05) is 19.1 Å². The van der Waals surface area contributed by atoms with E-state index in [0.717, 1.165) is 11.3 Å². The first-order valence-electron chi connectivity index (χ1n) is 6.25. The van der Waals surface area contributed by atoms with Crippen LogP contribution in [0.25, 0.3) is 0 Å². The van der Waals surface area contributed by atoms with Crippen molar-refractivity contribution >= 4 is 11.6 Å². The molecule has 3 atom stereocenters. The normalized spacial score (nSPS) is 30.1. The van der Waals surface area contributed by atoms with E-state index in [2.05, 4.69) is 43.5 Å². The summed E-state index contributed by atoms with van der Waals surface area (Å²) in [5, 5.41) is 6.45. The van der Waals surface area contributed by atoms with Gasteiger partial charge in [0.25, 0.3) is 0 Å². The Morgan fingerprint density at radius 2 is 2.06 bits per heavy atom. The molecule has 0 saturated heterocycles. The molecule has 1 heterocycles. The predicted octanol–water partition coefficient (Wildman–Crippen LogP) is 2.29. The number of carbonyl (C=O) groups is 1. The molecule has 1 aromatic rings. The van der Waals surface area contributed by atoms with E-state index in [-0.39, 0.29) is 11.9 Å². The first-order valence-corrected chi connectivity index (χ1v) is 6.25. The molecule has 3 nitrogen and oxygen atoms in total. The van der Waals surface area contributed by atoms with Gasteiger partial charge in [0.15, 0.2) is 0 Å². The van der Waals surface area contributed by atoms with Crippen molar-refractivity contribution in [2.75, 3.05) is 5.32 Å². The second-order valence-electron chi connectivity index (χ2n) is 5.38. The fourth-order valence-corrected chi connectivity index (χ4v) is 2.51. The van der Waals surface area contributed by atoms with Crippen LogP contribution >= 0.6 is 0 Å². The number of amides is 1. The summed E-state index contributed by atoms with van der Waals surface area (Å²) in [5.41, 5.74) is 4.53. The maximum absolute atomic E-state index is 12.0. The van der Waals surface area contributed by atoms with Crippen LogP contribution in [0.2, 0.25) is 0 Å². The van der Waals surface area contributed by atoms with Crippen LogP contribution in [0.15, 0.2) is 12.1 Å². The zero-order chi connectivity index (χ0) is 12.2. The zero-order valence-corrected chi connectivity index (χ0v) is 10.5. The molecule has 1 aliphatic carbocycles. The highest BCUT2D eigenvalue weighted by molar-refractivity contribution is 6.03. The quantitative estimate of drug-likeness (QED) is 0.818. The monoisotopic (exact) mass is 230 g/mol. The van der Waals surface area contributed by atoms with Gasteiger partial charge in [0.1, 0.15) is 6.04 Å². The smallest absolute Gasteiger partial charge is 0.246 e. The van der Waals surface area contributed by atoms with Crippen LogP contribution in [-0.2, 0) is 4.79 Å². The molecule has 1 saturated carbocycles. The molecule has 1 fully saturated rings. The second-order valence-corrected chi connectivity index (χ2v) is 5.38. The van der Waals surface area contributed by atoms with Crippen LogP contribution in [0.4, 0.5) is 5.69 Å². The Bertz CT molecular complexity index is 495. The number of benzene rings is 1. The summed E-state index contributed by atoms with van der Waals surface area (Å²) in [4.78, 5) is 12.0. The molecule has 0 radical (unpaired) electrons. The van der Waals surface area contributed by atoms with Gasteiger partial charge in [-0.15, -0.1) is 0 Å². The van der Waals surface area contributed by atoms with Crippen molar-refractivity contribution in [1.82, 2.24) is 5.32 Å². The van der Waals surface area contributed by atoms with Crippen molar-refractivity contribution in [2.24, 2.45) is 5.92 Å². The molecule has 90 valence electrons. The molecule has 0 aromatic heterocycles.